The molecule has 1 fully saturated rings. The first-order valence-corrected chi connectivity index (χ1v) is 7.08. The van der Waals surface area contributed by atoms with E-state index >= 15 is 0 Å². The summed E-state index contributed by atoms with van der Waals surface area (Å²) < 4.78 is 5.53. The lowest BCUT2D eigenvalue weighted by Gasteiger charge is -2.22. The van der Waals surface area contributed by atoms with Crippen molar-refractivity contribution in [2.75, 3.05) is 13.1 Å². The average molecular weight is 273 g/mol. The van der Waals surface area contributed by atoms with E-state index in [2.05, 4.69) is 22.4 Å². The molecule has 3 rings (SSSR count). The molecule has 0 aliphatic carbocycles. The highest BCUT2D eigenvalue weighted by Gasteiger charge is 2.40. The second-order valence-corrected chi connectivity index (χ2v) is 5.43. The molecule has 0 amide bonds. The number of phenols is 1. The van der Waals surface area contributed by atoms with Gasteiger partial charge >= 0.3 is 0 Å². The van der Waals surface area contributed by atoms with E-state index in [1.54, 1.807) is 24.3 Å². The van der Waals surface area contributed by atoms with Gasteiger partial charge < -0.3 is 14.9 Å². The van der Waals surface area contributed by atoms with Gasteiger partial charge in [0, 0.05) is 12.1 Å². The van der Waals surface area contributed by atoms with Crippen molar-refractivity contribution in [2.24, 2.45) is 0 Å². The second-order valence-electron chi connectivity index (χ2n) is 5.43. The van der Waals surface area contributed by atoms with E-state index in [-0.39, 0.29) is 11.2 Å². The second kappa shape index (κ2) is 5.25. The Balaban J connectivity index is 1.91. The number of aromatic hydroxyl groups is 1. The molecule has 1 aliphatic rings. The van der Waals surface area contributed by atoms with Gasteiger partial charge in [-0.3, -0.25) is 0 Å². The Hall–Kier alpha value is -1.88. The van der Waals surface area contributed by atoms with Gasteiger partial charge in [-0.05, 0) is 43.7 Å². The highest BCUT2D eigenvalue weighted by molar-refractivity contribution is 5.55. The van der Waals surface area contributed by atoms with Gasteiger partial charge in [-0.2, -0.15) is 4.98 Å². The third-order valence-electron chi connectivity index (χ3n) is 3.98. The molecule has 1 aromatic heterocycles. The maximum Gasteiger partial charge on any atom is 0.234 e. The Morgan fingerprint density at radius 2 is 2.15 bits per heavy atom. The Bertz CT molecular complexity index is 571. The molecule has 1 unspecified atom stereocenters. The van der Waals surface area contributed by atoms with Gasteiger partial charge in [-0.1, -0.05) is 18.5 Å². The van der Waals surface area contributed by atoms with Crippen LogP contribution >= 0.6 is 0 Å². The summed E-state index contributed by atoms with van der Waals surface area (Å²) in [6.45, 7) is 4.08. The van der Waals surface area contributed by atoms with E-state index in [1.165, 1.54) is 0 Å². The first kappa shape index (κ1) is 13.1. The van der Waals surface area contributed by atoms with Crippen molar-refractivity contribution in [2.45, 2.75) is 31.6 Å². The molecule has 0 radical (unpaired) electrons. The highest BCUT2D eigenvalue weighted by Crippen LogP contribution is 2.35. The molecule has 0 bridgehead atoms. The molecular formula is C15H19N3O2. The summed E-state index contributed by atoms with van der Waals surface area (Å²) in [5.41, 5.74) is 0.840. The van der Waals surface area contributed by atoms with Gasteiger partial charge in [0.05, 0.1) is 5.41 Å². The van der Waals surface area contributed by atoms with Gasteiger partial charge in [-0.15, -0.1) is 0 Å². The number of benzene rings is 1. The summed E-state index contributed by atoms with van der Waals surface area (Å²) in [5.74, 6) is 1.55. The maximum absolute atomic E-state index is 9.32. The number of aromatic nitrogens is 2. The van der Waals surface area contributed by atoms with Crippen molar-refractivity contribution >= 4 is 0 Å². The number of hydrogen-bond donors (Lipinski definition) is 2. The Labute approximate surface area is 118 Å². The first-order valence-electron chi connectivity index (χ1n) is 7.08. The number of phenolic OH excluding ortho intramolecular Hbond substituents is 1. The molecular weight excluding hydrogens is 254 g/mol. The van der Waals surface area contributed by atoms with Crippen LogP contribution in [0.25, 0.3) is 11.4 Å². The van der Waals surface area contributed by atoms with Crippen LogP contribution in [-0.4, -0.2) is 28.3 Å². The molecule has 0 spiro atoms. The summed E-state index contributed by atoms with van der Waals surface area (Å²) in [7, 11) is 0. The molecule has 0 saturated carbocycles. The fourth-order valence-electron chi connectivity index (χ4n) is 2.89. The maximum atomic E-state index is 9.32. The molecule has 1 aliphatic heterocycles. The minimum atomic E-state index is -0.0169. The van der Waals surface area contributed by atoms with Crippen molar-refractivity contribution in [3.8, 4) is 17.1 Å². The highest BCUT2D eigenvalue weighted by atomic mass is 16.5. The van der Waals surface area contributed by atoms with Crippen LogP contribution in [0.3, 0.4) is 0 Å². The zero-order valence-electron chi connectivity index (χ0n) is 11.6. The number of rotatable bonds is 4. The monoisotopic (exact) mass is 273 g/mol. The zero-order valence-corrected chi connectivity index (χ0v) is 11.6. The van der Waals surface area contributed by atoms with Crippen molar-refractivity contribution in [1.82, 2.24) is 15.5 Å². The lowest BCUT2D eigenvalue weighted by Crippen LogP contribution is -2.29. The van der Waals surface area contributed by atoms with Crippen molar-refractivity contribution in [1.29, 1.82) is 0 Å². The number of nitrogens with zero attached hydrogens (tertiary/aromatic N) is 2. The van der Waals surface area contributed by atoms with E-state index in [0.29, 0.717) is 5.82 Å². The van der Waals surface area contributed by atoms with Gasteiger partial charge in [0.2, 0.25) is 11.7 Å². The van der Waals surface area contributed by atoms with Crippen LogP contribution in [0.2, 0.25) is 0 Å². The standard InChI is InChI=1S/C15H19N3O2/c1-2-7-15(8-9-16-10-15)14-17-13(18-20-14)11-3-5-12(19)6-4-11/h3-6,16,19H,2,7-10H2,1H3. The third-order valence-corrected chi connectivity index (χ3v) is 3.98. The van der Waals surface area contributed by atoms with Crippen LogP contribution in [0, 0.1) is 0 Å². The molecule has 1 saturated heterocycles. The SMILES string of the molecule is CCCC1(c2nc(-c3ccc(O)cc3)no2)CCNC1. The third kappa shape index (κ3) is 2.29. The Morgan fingerprint density at radius 3 is 2.80 bits per heavy atom. The van der Waals surface area contributed by atoms with Gasteiger partial charge in [-0.25, -0.2) is 0 Å². The number of nitrogens with one attached hydrogen (secondary N) is 1. The van der Waals surface area contributed by atoms with Crippen LogP contribution < -0.4 is 5.32 Å². The van der Waals surface area contributed by atoms with E-state index in [9.17, 15) is 5.11 Å². The Morgan fingerprint density at radius 1 is 1.35 bits per heavy atom. The predicted molar refractivity (Wildman–Crippen MR) is 75.5 cm³/mol. The summed E-state index contributed by atoms with van der Waals surface area (Å²) in [5, 5.41) is 16.8. The Kier molecular flexibility index (Phi) is 3.44. The molecule has 20 heavy (non-hydrogen) atoms. The largest absolute Gasteiger partial charge is 0.508 e. The van der Waals surface area contributed by atoms with Crippen molar-refractivity contribution in [3.63, 3.8) is 0 Å². The van der Waals surface area contributed by atoms with Crippen molar-refractivity contribution < 1.29 is 9.63 Å². The molecule has 106 valence electrons. The van der Waals surface area contributed by atoms with Gasteiger partial charge in [0.25, 0.3) is 0 Å². The normalized spacial score (nSPS) is 22.2. The quantitative estimate of drug-likeness (QED) is 0.895. The van der Waals surface area contributed by atoms with Gasteiger partial charge in [0.15, 0.2) is 0 Å². The topological polar surface area (TPSA) is 71.2 Å². The van der Waals surface area contributed by atoms with Crippen LogP contribution in [0.1, 0.15) is 32.1 Å². The summed E-state index contributed by atoms with van der Waals surface area (Å²) in [6, 6.07) is 6.85. The summed E-state index contributed by atoms with van der Waals surface area (Å²) in [4.78, 5) is 4.58. The average Bonchev–Trinajstić information content (AvgIpc) is 3.09. The predicted octanol–water partition coefficient (Wildman–Crippen LogP) is 2.47. The fraction of sp³-hybridized carbons (Fsp3) is 0.467. The van der Waals surface area contributed by atoms with Crippen LogP contribution in [-0.2, 0) is 5.41 Å². The zero-order chi connectivity index (χ0) is 14.0. The lowest BCUT2D eigenvalue weighted by molar-refractivity contribution is 0.277. The fourth-order valence-corrected chi connectivity index (χ4v) is 2.89. The molecule has 5 nitrogen and oxygen atoms in total. The summed E-state index contributed by atoms with van der Waals surface area (Å²) in [6.07, 6.45) is 3.19. The van der Waals surface area contributed by atoms with Crippen LogP contribution in [0.4, 0.5) is 0 Å². The molecule has 2 N–H and O–H groups in total. The van der Waals surface area contributed by atoms with Crippen LogP contribution in [0.15, 0.2) is 28.8 Å². The van der Waals surface area contributed by atoms with E-state index in [4.69, 9.17) is 4.52 Å². The molecule has 2 heterocycles. The number of hydrogen-bond acceptors (Lipinski definition) is 5. The summed E-state index contributed by atoms with van der Waals surface area (Å²) >= 11 is 0. The van der Waals surface area contributed by atoms with Crippen molar-refractivity contribution in [3.05, 3.63) is 30.2 Å². The van der Waals surface area contributed by atoms with Crippen LogP contribution in [0.5, 0.6) is 5.75 Å². The lowest BCUT2D eigenvalue weighted by atomic mass is 9.82. The van der Waals surface area contributed by atoms with E-state index < -0.39 is 0 Å². The minimum Gasteiger partial charge on any atom is -0.508 e. The first-order chi connectivity index (χ1) is 9.73. The molecule has 1 atom stereocenters. The van der Waals surface area contributed by atoms with E-state index in [0.717, 1.165) is 43.8 Å². The molecule has 5 heteroatoms. The molecule has 2 aromatic rings. The minimum absolute atomic E-state index is 0.0169. The molecule has 1 aromatic carbocycles. The smallest absolute Gasteiger partial charge is 0.234 e. The van der Waals surface area contributed by atoms with E-state index in [1.807, 2.05) is 0 Å². The van der Waals surface area contributed by atoms with Gasteiger partial charge in [0.1, 0.15) is 5.75 Å².